The van der Waals surface area contributed by atoms with Gasteiger partial charge < -0.3 is 5.32 Å². The minimum atomic E-state index is -0.480. The standard InChI is InChI=1S/C12H12ClN5O2/c13-8-3-11(18(19)20)12(14-6-8)16-9-2-1-7-5-15-17-10(7)4-9/h3,5-6,9H,1-2,4H2,(H,14,16)(H,15,17). The molecule has 0 radical (unpaired) electrons. The number of anilines is 1. The number of aromatic nitrogens is 3. The van der Waals surface area contributed by atoms with Gasteiger partial charge in [-0.2, -0.15) is 5.10 Å². The van der Waals surface area contributed by atoms with Crippen LogP contribution in [0.1, 0.15) is 17.7 Å². The molecule has 0 bridgehead atoms. The van der Waals surface area contributed by atoms with Crippen LogP contribution < -0.4 is 5.32 Å². The molecule has 2 heterocycles. The van der Waals surface area contributed by atoms with Gasteiger partial charge in [-0.3, -0.25) is 15.2 Å². The maximum Gasteiger partial charge on any atom is 0.312 e. The fourth-order valence-corrected chi connectivity index (χ4v) is 2.56. The third kappa shape index (κ3) is 2.44. The average Bonchev–Trinajstić information content (AvgIpc) is 2.88. The molecule has 1 unspecified atom stereocenters. The summed E-state index contributed by atoms with van der Waals surface area (Å²) >= 11 is 5.75. The van der Waals surface area contributed by atoms with Crippen LogP contribution in [-0.4, -0.2) is 26.1 Å². The summed E-state index contributed by atoms with van der Waals surface area (Å²) in [5.74, 6) is 0.257. The zero-order valence-electron chi connectivity index (χ0n) is 10.5. The highest BCUT2D eigenvalue weighted by Crippen LogP contribution is 2.28. The second kappa shape index (κ2) is 5.09. The van der Waals surface area contributed by atoms with E-state index in [1.807, 2.05) is 6.20 Å². The van der Waals surface area contributed by atoms with E-state index in [1.54, 1.807) is 0 Å². The lowest BCUT2D eigenvalue weighted by molar-refractivity contribution is -0.384. The highest BCUT2D eigenvalue weighted by atomic mass is 35.5. The summed E-state index contributed by atoms with van der Waals surface area (Å²) in [4.78, 5) is 14.6. The van der Waals surface area contributed by atoms with Crippen molar-refractivity contribution in [3.8, 4) is 0 Å². The first-order chi connectivity index (χ1) is 9.63. The molecule has 0 saturated heterocycles. The Morgan fingerprint density at radius 3 is 3.15 bits per heavy atom. The van der Waals surface area contributed by atoms with Crippen molar-refractivity contribution in [3.05, 3.63) is 44.9 Å². The van der Waals surface area contributed by atoms with E-state index in [-0.39, 0.29) is 22.6 Å². The molecule has 104 valence electrons. The zero-order chi connectivity index (χ0) is 14.1. The van der Waals surface area contributed by atoms with Crippen LogP contribution in [0.5, 0.6) is 0 Å². The molecule has 0 aromatic carbocycles. The van der Waals surface area contributed by atoms with Crippen LogP contribution in [0, 0.1) is 10.1 Å². The van der Waals surface area contributed by atoms with E-state index >= 15 is 0 Å². The SMILES string of the molecule is O=[N+]([O-])c1cc(Cl)cnc1NC1CCc2cn[nH]c2C1. The number of pyridine rings is 1. The average molecular weight is 294 g/mol. The maximum absolute atomic E-state index is 11.0. The summed E-state index contributed by atoms with van der Waals surface area (Å²) < 4.78 is 0. The Hall–Kier alpha value is -2.15. The molecule has 2 aromatic rings. The topological polar surface area (TPSA) is 96.7 Å². The predicted octanol–water partition coefficient (Wildman–Crippen LogP) is 2.34. The van der Waals surface area contributed by atoms with Gasteiger partial charge >= 0.3 is 5.69 Å². The largest absolute Gasteiger partial charge is 0.361 e. The molecule has 0 spiro atoms. The number of aromatic amines is 1. The van der Waals surface area contributed by atoms with Crippen molar-refractivity contribution in [1.29, 1.82) is 0 Å². The van der Waals surface area contributed by atoms with Crippen LogP contribution in [0.3, 0.4) is 0 Å². The molecule has 1 aliphatic carbocycles. The molecule has 3 rings (SSSR count). The number of nitro groups is 1. The third-order valence-electron chi connectivity index (χ3n) is 3.39. The van der Waals surface area contributed by atoms with E-state index < -0.39 is 4.92 Å². The number of hydrogen-bond donors (Lipinski definition) is 2. The number of nitrogens with zero attached hydrogens (tertiary/aromatic N) is 3. The number of hydrogen-bond acceptors (Lipinski definition) is 5. The van der Waals surface area contributed by atoms with Crippen molar-refractivity contribution >= 4 is 23.1 Å². The van der Waals surface area contributed by atoms with Crippen LogP contribution in [0.2, 0.25) is 5.02 Å². The molecular weight excluding hydrogens is 282 g/mol. The molecular formula is C12H12ClN5O2. The van der Waals surface area contributed by atoms with Gasteiger partial charge in [-0.15, -0.1) is 0 Å². The number of H-pyrrole nitrogens is 1. The maximum atomic E-state index is 11.0. The molecule has 2 N–H and O–H groups in total. The van der Waals surface area contributed by atoms with Gasteiger partial charge in [-0.25, -0.2) is 4.98 Å². The lowest BCUT2D eigenvalue weighted by Crippen LogP contribution is -2.28. The minimum Gasteiger partial charge on any atom is -0.361 e. The molecule has 1 aliphatic rings. The number of halogens is 1. The first-order valence-corrected chi connectivity index (χ1v) is 6.59. The molecule has 0 fully saturated rings. The fraction of sp³-hybridized carbons (Fsp3) is 0.333. The van der Waals surface area contributed by atoms with E-state index in [2.05, 4.69) is 20.5 Å². The summed E-state index contributed by atoms with van der Waals surface area (Å²) in [5.41, 5.74) is 2.18. The van der Waals surface area contributed by atoms with E-state index in [0.717, 1.165) is 25.0 Å². The molecule has 0 amide bonds. The highest BCUT2D eigenvalue weighted by Gasteiger charge is 2.23. The van der Waals surface area contributed by atoms with Crippen molar-refractivity contribution in [2.24, 2.45) is 0 Å². The molecule has 8 heteroatoms. The Bertz CT molecular complexity index is 657. The van der Waals surface area contributed by atoms with Crippen molar-refractivity contribution < 1.29 is 4.92 Å². The van der Waals surface area contributed by atoms with Gasteiger partial charge in [-0.1, -0.05) is 11.6 Å². The van der Waals surface area contributed by atoms with Gasteiger partial charge in [0, 0.05) is 30.4 Å². The van der Waals surface area contributed by atoms with Crippen molar-refractivity contribution in [3.63, 3.8) is 0 Å². The zero-order valence-corrected chi connectivity index (χ0v) is 11.2. The smallest absolute Gasteiger partial charge is 0.312 e. The minimum absolute atomic E-state index is 0.0929. The van der Waals surface area contributed by atoms with Gasteiger partial charge in [0.25, 0.3) is 0 Å². The van der Waals surface area contributed by atoms with Crippen molar-refractivity contribution in [2.75, 3.05) is 5.32 Å². The lowest BCUT2D eigenvalue weighted by atomic mass is 9.94. The van der Waals surface area contributed by atoms with Crippen LogP contribution in [-0.2, 0) is 12.8 Å². The summed E-state index contributed by atoms with van der Waals surface area (Å²) in [6, 6.07) is 1.40. The molecule has 1 atom stereocenters. The van der Waals surface area contributed by atoms with E-state index in [1.165, 1.54) is 17.8 Å². The number of rotatable bonds is 3. The first-order valence-electron chi connectivity index (χ1n) is 6.21. The van der Waals surface area contributed by atoms with E-state index in [0.29, 0.717) is 0 Å². The molecule has 2 aromatic heterocycles. The Morgan fingerprint density at radius 1 is 1.50 bits per heavy atom. The lowest BCUT2D eigenvalue weighted by Gasteiger charge is -2.23. The summed E-state index contributed by atoms with van der Waals surface area (Å²) in [7, 11) is 0. The second-order valence-electron chi connectivity index (χ2n) is 4.74. The van der Waals surface area contributed by atoms with Gasteiger partial charge in [0.15, 0.2) is 0 Å². The highest BCUT2D eigenvalue weighted by molar-refractivity contribution is 6.30. The summed E-state index contributed by atoms with van der Waals surface area (Å²) in [6.45, 7) is 0. The first kappa shape index (κ1) is 12.9. The van der Waals surface area contributed by atoms with Gasteiger partial charge in [0.05, 0.1) is 16.1 Å². The molecule has 0 saturated carbocycles. The number of nitrogens with one attached hydrogen (secondary N) is 2. The van der Waals surface area contributed by atoms with Crippen LogP contribution in [0.25, 0.3) is 0 Å². The Balaban J connectivity index is 1.81. The predicted molar refractivity (Wildman–Crippen MR) is 73.9 cm³/mol. The van der Waals surface area contributed by atoms with E-state index in [9.17, 15) is 10.1 Å². The van der Waals surface area contributed by atoms with Crippen LogP contribution in [0.15, 0.2) is 18.5 Å². The van der Waals surface area contributed by atoms with E-state index in [4.69, 9.17) is 11.6 Å². The summed E-state index contributed by atoms with van der Waals surface area (Å²) in [6.07, 6.45) is 5.76. The van der Waals surface area contributed by atoms with Crippen molar-refractivity contribution in [2.45, 2.75) is 25.3 Å². The van der Waals surface area contributed by atoms with Crippen LogP contribution >= 0.6 is 11.6 Å². The quantitative estimate of drug-likeness (QED) is 0.669. The molecule has 7 nitrogen and oxygen atoms in total. The third-order valence-corrected chi connectivity index (χ3v) is 3.60. The van der Waals surface area contributed by atoms with Crippen molar-refractivity contribution in [1.82, 2.24) is 15.2 Å². The number of fused-ring (bicyclic) bond motifs is 1. The second-order valence-corrected chi connectivity index (χ2v) is 5.17. The fourth-order valence-electron chi connectivity index (χ4n) is 2.40. The van der Waals surface area contributed by atoms with Gasteiger partial charge in [0.1, 0.15) is 0 Å². The summed E-state index contributed by atoms with van der Waals surface area (Å²) in [5, 5.41) is 21.4. The molecule has 20 heavy (non-hydrogen) atoms. The Morgan fingerprint density at radius 2 is 2.35 bits per heavy atom. The van der Waals surface area contributed by atoms with Gasteiger partial charge in [0.2, 0.25) is 5.82 Å². The molecule has 0 aliphatic heterocycles. The monoisotopic (exact) mass is 293 g/mol. The number of aryl methyl sites for hydroxylation is 1. The normalized spacial score (nSPS) is 17.6. The Kier molecular flexibility index (Phi) is 3.27. The van der Waals surface area contributed by atoms with Crippen LogP contribution in [0.4, 0.5) is 11.5 Å². The Labute approximate surface area is 119 Å². The van der Waals surface area contributed by atoms with Gasteiger partial charge in [-0.05, 0) is 18.4 Å².